The van der Waals surface area contributed by atoms with Crippen molar-refractivity contribution in [3.63, 3.8) is 0 Å². The molecule has 3 heteroatoms. The summed E-state index contributed by atoms with van der Waals surface area (Å²) in [6.45, 7) is 0.836. The Balaban J connectivity index is 2.04. The Morgan fingerprint density at radius 2 is 2.00 bits per heavy atom. The van der Waals surface area contributed by atoms with E-state index < -0.39 is 0 Å². The monoisotopic (exact) mass is 232 g/mol. The van der Waals surface area contributed by atoms with Gasteiger partial charge in [-0.3, -0.25) is 4.79 Å². The number of benzene rings is 1. The van der Waals surface area contributed by atoms with E-state index in [4.69, 9.17) is 0 Å². The van der Waals surface area contributed by atoms with Gasteiger partial charge in [-0.05, 0) is 32.5 Å². The topological polar surface area (TPSA) is 32.3 Å². The van der Waals surface area contributed by atoms with Crippen molar-refractivity contribution in [3.05, 3.63) is 35.9 Å². The number of amides is 1. The number of carbonyl (C=O) groups is 1. The molecule has 92 valence electrons. The van der Waals surface area contributed by atoms with Crippen LogP contribution in [0.2, 0.25) is 0 Å². The van der Waals surface area contributed by atoms with Crippen molar-refractivity contribution in [3.8, 4) is 0 Å². The Bertz CT molecular complexity index is 371. The molecule has 0 spiro atoms. The summed E-state index contributed by atoms with van der Waals surface area (Å²) >= 11 is 0. The quantitative estimate of drug-likeness (QED) is 0.840. The summed E-state index contributed by atoms with van der Waals surface area (Å²) in [7, 11) is 4.05. The van der Waals surface area contributed by atoms with Crippen molar-refractivity contribution in [1.29, 1.82) is 0 Å². The summed E-state index contributed by atoms with van der Waals surface area (Å²) in [5, 5.41) is 3.15. The molecule has 1 aliphatic rings. The van der Waals surface area contributed by atoms with Crippen molar-refractivity contribution in [2.75, 3.05) is 20.6 Å². The zero-order valence-corrected chi connectivity index (χ0v) is 10.5. The maximum absolute atomic E-state index is 11.8. The molecule has 1 saturated carbocycles. The second-order valence-corrected chi connectivity index (χ2v) is 5.01. The molecule has 0 radical (unpaired) electrons. The van der Waals surface area contributed by atoms with Crippen LogP contribution in [-0.4, -0.2) is 31.4 Å². The van der Waals surface area contributed by atoms with Gasteiger partial charge in [0.2, 0.25) is 5.91 Å². The number of likely N-dealkylation sites (N-methyl/N-ethyl adjacent to an activating group) is 1. The van der Waals surface area contributed by atoms with Crippen LogP contribution in [0.4, 0.5) is 0 Å². The molecular formula is C14H20N2O. The van der Waals surface area contributed by atoms with Crippen molar-refractivity contribution < 1.29 is 4.79 Å². The lowest BCUT2D eigenvalue weighted by atomic mass is 10.1. The van der Waals surface area contributed by atoms with Gasteiger partial charge >= 0.3 is 0 Å². The molecule has 1 aliphatic carbocycles. The van der Waals surface area contributed by atoms with E-state index in [1.807, 2.05) is 32.3 Å². The fraction of sp³-hybridized carbons (Fsp3) is 0.500. The van der Waals surface area contributed by atoms with E-state index in [9.17, 15) is 4.79 Å². The van der Waals surface area contributed by atoms with Crippen LogP contribution >= 0.6 is 0 Å². The highest BCUT2D eigenvalue weighted by Gasteiger charge is 2.31. The van der Waals surface area contributed by atoms with Gasteiger partial charge in [-0.15, -0.1) is 0 Å². The second kappa shape index (κ2) is 5.32. The molecule has 0 saturated heterocycles. The maximum atomic E-state index is 11.8. The molecular weight excluding hydrogens is 212 g/mol. The molecule has 1 unspecified atom stereocenters. The minimum Gasteiger partial charge on any atom is -0.348 e. The summed E-state index contributed by atoms with van der Waals surface area (Å²) in [5.74, 6) is 0.476. The van der Waals surface area contributed by atoms with E-state index in [1.165, 1.54) is 5.56 Å². The summed E-state index contributed by atoms with van der Waals surface area (Å²) in [5.41, 5.74) is 1.18. The highest BCUT2D eigenvalue weighted by atomic mass is 16.2. The maximum Gasteiger partial charge on any atom is 0.223 e. The molecule has 2 rings (SSSR count). The van der Waals surface area contributed by atoms with Crippen molar-refractivity contribution in [2.24, 2.45) is 5.92 Å². The number of hydrogen-bond donors (Lipinski definition) is 1. The lowest BCUT2D eigenvalue weighted by molar-refractivity contribution is -0.123. The Labute approximate surface area is 103 Å². The highest BCUT2D eigenvalue weighted by molar-refractivity contribution is 5.81. The molecule has 0 aromatic heterocycles. The van der Waals surface area contributed by atoms with Crippen LogP contribution < -0.4 is 5.32 Å². The van der Waals surface area contributed by atoms with Crippen molar-refractivity contribution in [1.82, 2.24) is 10.2 Å². The third-order valence-corrected chi connectivity index (χ3v) is 3.01. The average Bonchev–Trinajstić information content (AvgIpc) is 3.12. The van der Waals surface area contributed by atoms with Gasteiger partial charge in [-0.1, -0.05) is 30.3 Å². The fourth-order valence-corrected chi connectivity index (χ4v) is 1.92. The van der Waals surface area contributed by atoms with E-state index in [0.29, 0.717) is 0 Å². The highest BCUT2D eigenvalue weighted by Crippen LogP contribution is 2.29. The van der Waals surface area contributed by atoms with Crippen LogP contribution in [0.25, 0.3) is 0 Å². The van der Waals surface area contributed by atoms with Gasteiger partial charge in [-0.25, -0.2) is 0 Å². The van der Waals surface area contributed by atoms with Crippen LogP contribution in [-0.2, 0) is 4.79 Å². The first kappa shape index (κ1) is 12.1. The normalized spacial score (nSPS) is 16.9. The molecule has 1 aromatic carbocycles. The molecule has 1 aromatic rings. The van der Waals surface area contributed by atoms with E-state index in [-0.39, 0.29) is 17.9 Å². The SMILES string of the molecule is CN(C)CC(NC(=O)C1CC1)c1ccccc1. The molecule has 3 nitrogen and oxygen atoms in total. The summed E-state index contributed by atoms with van der Waals surface area (Å²) in [4.78, 5) is 13.9. The molecule has 1 amide bonds. The average molecular weight is 232 g/mol. The number of nitrogens with one attached hydrogen (secondary N) is 1. The summed E-state index contributed by atoms with van der Waals surface area (Å²) in [6.07, 6.45) is 2.10. The van der Waals surface area contributed by atoms with E-state index >= 15 is 0 Å². The number of hydrogen-bond acceptors (Lipinski definition) is 2. The van der Waals surface area contributed by atoms with Gasteiger partial charge in [0.25, 0.3) is 0 Å². The minimum absolute atomic E-state index is 0.0966. The van der Waals surface area contributed by atoms with Crippen LogP contribution in [0.15, 0.2) is 30.3 Å². The third kappa shape index (κ3) is 3.56. The number of rotatable bonds is 5. The van der Waals surface area contributed by atoms with Crippen molar-refractivity contribution in [2.45, 2.75) is 18.9 Å². The van der Waals surface area contributed by atoms with Crippen LogP contribution in [0.1, 0.15) is 24.4 Å². The molecule has 0 bridgehead atoms. The van der Waals surface area contributed by atoms with Gasteiger partial charge in [0.1, 0.15) is 0 Å². The minimum atomic E-state index is 0.0966. The predicted octanol–water partition coefficient (Wildman–Crippen LogP) is 1.82. The first-order valence-electron chi connectivity index (χ1n) is 6.17. The third-order valence-electron chi connectivity index (χ3n) is 3.01. The summed E-state index contributed by atoms with van der Waals surface area (Å²) < 4.78 is 0. The lowest BCUT2D eigenvalue weighted by Gasteiger charge is -2.22. The van der Waals surface area contributed by atoms with Gasteiger partial charge in [0, 0.05) is 12.5 Å². The Morgan fingerprint density at radius 3 is 2.53 bits per heavy atom. The van der Waals surface area contributed by atoms with E-state index in [2.05, 4.69) is 22.3 Å². The molecule has 0 aliphatic heterocycles. The zero-order chi connectivity index (χ0) is 12.3. The molecule has 0 heterocycles. The molecule has 1 fully saturated rings. The second-order valence-electron chi connectivity index (χ2n) is 5.01. The van der Waals surface area contributed by atoms with Gasteiger partial charge in [-0.2, -0.15) is 0 Å². The van der Waals surface area contributed by atoms with Crippen molar-refractivity contribution >= 4 is 5.91 Å². The van der Waals surface area contributed by atoms with E-state index in [1.54, 1.807) is 0 Å². The molecule has 1 atom stereocenters. The number of nitrogens with zero attached hydrogens (tertiary/aromatic N) is 1. The van der Waals surface area contributed by atoms with Gasteiger partial charge < -0.3 is 10.2 Å². The van der Waals surface area contributed by atoms with Crippen LogP contribution in [0, 0.1) is 5.92 Å². The fourth-order valence-electron chi connectivity index (χ4n) is 1.92. The van der Waals surface area contributed by atoms with E-state index in [0.717, 1.165) is 19.4 Å². The smallest absolute Gasteiger partial charge is 0.223 e. The Morgan fingerprint density at radius 1 is 1.35 bits per heavy atom. The number of carbonyl (C=O) groups excluding carboxylic acids is 1. The summed E-state index contributed by atoms with van der Waals surface area (Å²) in [6, 6.07) is 10.3. The van der Waals surface area contributed by atoms with Crippen LogP contribution in [0.5, 0.6) is 0 Å². The largest absolute Gasteiger partial charge is 0.348 e. The Hall–Kier alpha value is -1.35. The standard InChI is InChI=1S/C14H20N2O/c1-16(2)10-13(11-6-4-3-5-7-11)15-14(17)12-8-9-12/h3-7,12-13H,8-10H2,1-2H3,(H,15,17). The molecule has 1 N–H and O–H groups in total. The Kier molecular flexibility index (Phi) is 3.79. The van der Waals surface area contributed by atoms with Gasteiger partial charge in [0.15, 0.2) is 0 Å². The zero-order valence-electron chi connectivity index (χ0n) is 10.5. The predicted molar refractivity (Wildman–Crippen MR) is 68.6 cm³/mol. The first-order chi connectivity index (χ1) is 8.16. The lowest BCUT2D eigenvalue weighted by Crippen LogP contribution is -2.36. The van der Waals surface area contributed by atoms with Crippen LogP contribution in [0.3, 0.4) is 0 Å². The first-order valence-corrected chi connectivity index (χ1v) is 6.17. The molecule has 17 heavy (non-hydrogen) atoms. The van der Waals surface area contributed by atoms with Gasteiger partial charge in [0.05, 0.1) is 6.04 Å².